The molecule has 12 nitrogen and oxygen atoms in total. The molecule has 3 aliphatic heterocycles. The van der Waals surface area contributed by atoms with E-state index in [2.05, 4.69) is 36.6 Å². The van der Waals surface area contributed by atoms with E-state index < -0.39 is 35.8 Å². The molecular weight excluding hydrogens is 700 g/mol. The summed E-state index contributed by atoms with van der Waals surface area (Å²) in [6.45, 7) is 6.72. The molecule has 280 valence electrons. The quantitative estimate of drug-likeness (QED) is 0.160. The normalized spacial score (nSPS) is 18.5. The van der Waals surface area contributed by atoms with Crippen molar-refractivity contribution in [3.05, 3.63) is 89.0 Å². The summed E-state index contributed by atoms with van der Waals surface area (Å²) in [4.78, 5) is 65.7. The first-order valence-electron chi connectivity index (χ1n) is 18.0. The topological polar surface area (TPSA) is 155 Å². The average molecular weight is 745 g/mol. The highest BCUT2D eigenvalue weighted by atomic mass is 35.5. The lowest BCUT2D eigenvalue weighted by molar-refractivity contribution is -0.136. The Hall–Kier alpha value is -4.94. The number of ether oxygens (including phenoxy) is 2. The highest BCUT2D eigenvalue weighted by Gasteiger charge is 2.44. The molecule has 3 aromatic rings. The average Bonchev–Trinajstić information content (AvgIpc) is 3.41. The van der Waals surface area contributed by atoms with Crippen LogP contribution in [0.2, 0.25) is 0 Å². The molecule has 6 rings (SSSR count). The number of benzene rings is 3. The van der Waals surface area contributed by atoms with E-state index in [-0.39, 0.29) is 54.2 Å². The number of aliphatic hydroxyl groups is 1. The van der Waals surface area contributed by atoms with Crippen LogP contribution in [0.15, 0.2) is 66.7 Å². The summed E-state index contributed by atoms with van der Waals surface area (Å²) in [5.41, 5.74) is 3.02. The van der Waals surface area contributed by atoms with Gasteiger partial charge in [0.25, 0.3) is 11.8 Å². The summed E-state index contributed by atoms with van der Waals surface area (Å²) >= 11 is 5.64. The molecule has 0 aromatic heterocycles. The van der Waals surface area contributed by atoms with E-state index >= 15 is 0 Å². The van der Waals surface area contributed by atoms with Gasteiger partial charge < -0.3 is 24.8 Å². The van der Waals surface area contributed by atoms with Gasteiger partial charge in [0.05, 0.1) is 23.6 Å². The molecule has 2 fully saturated rings. The van der Waals surface area contributed by atoms with E-state index in [0.29, 0.717) is 43.6 Å². The SMILES string of the molecule is CC(C)(c1ccc(OCC2CCN(C(=O)CCNc3ccc4c(c3)C(=O)N(C3CCC(=O)NC3=O)C4=O)CC2)cc1)c1ccc(OC[C@H](O)CCl)cc1. The molecule has 0 radical (unpaired) electrons. The van der Waals surface area contributed by atoms with Crippen LogP contribution >= 0.6 is 11.6 Å². The fourth-order valence-corrected chi connectivity index (χ4v) is 7.04. The number of alkyl halides is 1. The second-order valence-electron chi connectivity index (χ2n) is 14.3. The Balaban J connectivity index is 0.916. The maximum absolute atomic E-state index is 13.1. The van der Waals surface area contributed by atoms with Crippen molar-refractivity contribution in [2.24, 2.45) is 5.92 Å². The van der Waals surface area contributed by atoms with Gasteiger partial charge in [-0.2, -0.15) is 0 Å². The summed E-state index contributed by atoms with van der Waals surface area (Å²) < 4.78 is 11.8. The van der Waals surface area contributed by atoms with Crippen LogP contribution in [0.3, 0.4) is 0 Å². The number of aliphatic hydroxyl groups excluding tert-OH is 1. The van der Waals surface area contributed by atoms with Gasteiger partial charge in [0.1, 0.15) is 30.3 Å². The lowest BCUT2D eigenvalue weighted by atomic mass is 9.78. The van der Waals surface area contributed by atoms with Crippen LogP contribution in [0.1, 0.15) is 77.8 Å². The maximum atomic E-state index is 13.1. The Labute approximate surface area is 313 Å². The predicted molar refractivity (Wildman–Crippen MR) is 198 cm³/mol. The number of fused-ring (bicyclic) bond motifs is 1. The van der Waals surface area contributed by atoms with Gasteiger partial charge in [-0.25, -0.2) is 0 Å². The smallest absolute Gasteiger partial charge is 0.262 e. The summed E-state index contributed by atoms with van der Waals surface area (Å²) in [6.07, 6.45) is 1.42. The van der Waals surface area contributed by atoms with Gasteiger partial charge in [0, 0.05) is 43.6 Å². The fourth-order valence-electron chi connectivity index (χ4n) is 6.96. The maximum Gasteiger partial charge on any atom is 0.262 e. The molecule has 0 spiro atoms. The van der Waals surface area contributed by atoms with Crippen LogP contribution in [0.25, 0.3) is 0 Å². The van der Waals surface area contributed by atoms with Crippen molar-refractivity contribution in [3.63, 3.8) is 0 Å². The summed E-state index contributed by atoms with van der Waals surface area (Å²) in [6, 6.07) is 19.8. The molecule has 2 atom stereocenters. The molecule has 1 unspecified atom stereocenters. The molecule has 3 aromatic carbocycles. The van der Waals surface area contributed by atoms with Crippen molar-refractivity contribution < 1.29 is 38.6 Å². The van der Waals surface area contributed by atoms with Gasteiger partial charge in [0.15, 0.2) is 0 Å². The molecule has 13 heteroatoms. The van der Waals surface area contributed by atoms with Gasteiger partial charge in [-0.3, -0.25) is 34.2 Å². The van der Waals surface area contributed by atoms with Crippen LogP contribution in [-0.2, 0) is 19.8 Å². The number of likely N-dealkylation sites (tertiary alicyclic amines) is 1. The van der Waals surface area contributed by atoms with Crippen molar-refractivity contribution >= 4 is 46.8 Å². The number of halogens is 1. The Kier molecular flexibility index (Phi) is 11.7. The number of piperidine rings is 2. The Morgan fingerprint density at radius 2 is 1.53 bits per heavy atom. The molecule has 3 aliphatic rings. The number of nitrogens with one attached hydrogen (secondary N) is 2. The highest BCUT2D eigenvalue weighted by Crippen LogP contribution is 2.34. The third kappa shape index (κ3) is 8.66. The Bertz CT molecular complexity index is 1840. The largest absolute Gasteiger partial charge is 0.493 e. The zero-order chi connectivity index (χ0) is 37.7. The van der Waals surface area contributed by atoms with E-state index in [1.54, 1.807) is 18.2 Å². The summed E-state index contributed by atoms with van der Waals surface area (Å²) in [5, 5.41) is 15.0. The van der Waals surface area contributed by atoms with Crippen molar-refractivity contribution in [1.82, 2.24) is 15.1 Å². The van der Waals surface area contributed by atoms with Crippen LogP contribution < -0.4 is 20.1 Å². The third-order valence-electron chi connectivity index (χ3n) is 10.3. The molecule has 3 heterocycles. The minimum Gasteiger partial charge on any atom is -0.493 e. The number of carbonyl (C=O) groups is 5. The summed E-state index contributed by atoms with van der Waals surface area (Å²) in [5.74, 6) is -0.208. The van der Waals surface area contributed by atoms with Gasteiger partial charge in [-0.05, 0) is 78.8 Å². The second-order valence-corrected chi connectivity index (χ2v) is 14.6. The van der Waals surface area contributed by atoms with Gasteiger partial charge >= 0.3 is 0 Å². The number of carbonyl (C=O) groups excluding carboxylic acids is 5. The number of amides is 5. The van der Waals surface area contributed by atoms with Crippen LogP contribution in [0.5, 0.6) is 11.5 Å². The van der Waals surface area contributed by atoms with Crippen LogP contribution in [-0.4, -0.2) is 95.3 Å². The number of anilines is 1. The minimum atomic E-state index is -1.02. The van der Waals surface area contributed by atoms with E-state index in [0.717, 1.165) is 34.6 Å². The molecule has 0 saturated carbocycles. The lowest BCUT2D eigenvalue weighted by Gasteiger charge is -2.32. The Morgan fingerprint density at radius 1 is 0.906 bits per heavy atom. The number of hydrogen-bond donors (Lipinski definition) is 3. The first-order chi connectivity index (χ1) is 25.4. The first-order valence-corrected chi connectivity index (χ1v) is 18.6. The number of rotatable bonds is 14. The number of imide groups is 2. The molecule has 0 bridgehead atoms. The minimum absolute atomic E-state index is 0.0406. The molecule has 0 aliphatic carbocycles. The molecular formula is C40H45ClN4O8. The van der Waals surface area contributed by atoms with E-state index in [1.165, 1.54) is 0 Å². The monoisotopic (exact) mass is 744 g/mol. The van der Waals surface area contributed by atoms with Gasteiger partial charge in [-0.1, -0.05) is 38.1 Å². The third-order valence-corrected chi connectivity index (χ3v) is 10.7. The summed E-state index contributed by atoms with van der Waals surface area (Å²) in [7, 11) is 0. The molecule has 3 N–H and O–H groups in total. The molecule has 5 amide bonds. The van der Waals surface area contributed by atoms with E-state index in [1.807, 2.05) is 41.3 Å². The predicted octanol–water partition coefficient (Wildman–Crippen LogP) is 4.51. The zero-order valence-corrected chi connectivity index (χ0v) is 30.7. The van der Waals surface area contributed by atoms with E-state index in [4.69, 9.17) is 21.1 Å². The number of hydrogen-bond acceptors (Lipinski definition) is 9. The van der Waals surface area contributed by atoms with Crippen molar-refractivity contribution in [3.8, 4) is 11.5 Å². The molecule has 2 saturated heterocycles. The van der Waals surface area contributed by atoms with Gasteiger partial charge in [0.2, 0.25) is 17.7 Å². The second kappa shape index (κ2) is 16.4. The fraction of sp³-hybridized carbons (Fsp3) is 0.425. The lowest BCUT2D eigenvalue weighted by Crippen LogP contribution is -2.54. The van der Waals surface area contributed by atoms with Crippen LogP contribution in [0, 0.1) is 5.92 Å². The van der Waals surface area contributed by atoms with Crippen LogP contribution in [0.4, 0.5) is 5.69 Å². The standard InChI is InChI=1S/C40H45ClN4O8/c1-40(2,27-5-10-31(11-6-27)53-24-29(46)22-41)26-3-8-30(9-4-26)52-23-25-16-19-44(20-17-25)36(48)15-18-42-28-7-12-32-33(21-28)39(51)45(38(32)50)34-13-14-35(47)43-37(34)49/h3-12,21,25,29,34,42,46H,13-20,22-24H2,1-2H3,(H,43,47,49)/t29-,34?/m1/s1. The number of nitrogens with zero attached hydrogens (tertiary/aromatic N) is 2. The van der Waals surface area contributed by atoms with Crippen molar-refractivity contribution in [2.75, 3.05) is 44.0 Å². The van der Waals surface area contributed by atoms with Crippen molar-refractivity contribution in [1.29, 1.82) is 0 Å². The Morgan fingerprint density at radius 3 is 2.15 bits per heavy atom. The highest BCUT2D eigenvalue weighted by molar-refractivity contribution is 6.23. The van der Waals surface area contributed by atoms with Gasteiger partial charge in [-0.15, -0.1) is 11.6 Å². The molecule has 53 heavy (non-hydrogen) atoms. The zero-order valence-electron chi connectivity index (χ0n) is 29.9. The van der Waals surface area contributed by atoms with Crippen molar-refractivity contribution in [2.45, 2.75) is 63.5 Å². The van der Waals surface area contributed by atoms with E-state index in [9.17, 15) is 29.1 Å². The first kappa shape index (κ1) is 37.8.